The Bertz CT molecular complexity index is 1060. The highest BCUT2D eigenvalue weighted by Crippen LogP contribution is 2.43. The van der Waals surface area contributed by atoms with Crippen LogP contribution in [0.15, 0.2) is 24.5 Å². The highest BCUT2D eigenvalue weighted by Gasteiger charge is 2.34. The van der Waals surface area contributed by atoms with Gasteiger partial charge in [-0.05, 0) is 50.6 Å². The summed E-state index contributed by atoms with van der Waals surface area (Å²) in [4.78, 5) is 20.0. The molecule has 1 fully saturated rings. The van der Waals surface area contributed by atoms with Crippen molar-refractivity contribution in [3.8, 4) is 17.4 Å². The number of hydrogen-bond acceptors (Lipinski definition) is 9. The van der Waals surface area contributed by atoms with Gasteiger partial charge in [0.15, 0.2) is 11.5 Å². The summed E-state index contributed by atoms with van der Waals surface area (Å²) in [7, 11) is 3.20. The Labute approximate surface area is 184 Å². The van der Waals surface area contributed by atoms with E-state index in [1.807, 2.05) is 25.1 Å². The zero-order chi connectivity index (χ0) is 22.0. The molecule has 1 aliphatic rings. The summed E-state index contributed by atoms with van der Waals surface area (Å²) in [6.07, 6.45) is 2.82. The van der Waals surface area contributed by atoms with E-state index in [2.05, 4.69) is 15.0 Å². The number of rotatable bonds is 7. The lowest BCUT2D eigenvalue weighted by Crippen LogP contribution is -2.39. The molecule has 0 amide bonds. The van der Waals surface area contributed by atoms with E-state index >= 15 is 0 Å². The molecule has 4 rings (SSSR count). The minimum Gasteiger partial charge on any atom is -0.493 e. The van der Waals surface area contributed by atoms with E-state index in [9.17, 15) is 9.90 Å². The molecule has 2 aromatic heterocycles. The average Bonchev–Trinajstić information content (AvgIpc) is 3.37. The number of aromatic hydroxyl groups is 1. The fourth-order valence-electron chi connectivity index (χ4n) is 4.08. The molecule has 1 saturated heterocycles. The van der Waals surface area contributed by atoms with E-state index in [1.165, 1.54) is 22.2 Å². The van der Waals surface area contributed by atoms with Crippen LogP contribution in [0.4, 0.5) is 0 Å². The second-order valence-corrected chi connectivity index (χ2v) is 8.33. The molecule has 10 heteroatoms. The van der Waals surface area contributed by atoms with Crippen LogP contribution < -0.4 is 9.47 Å². The summed E-state index contributed by atoms with van der Waals surface area (Å²) >= 11 is 1.40. The maximum Gasteiger partial charge on any atom is 0.309 e. The molecule has 0 saturated carbocycles. The van der Waals surface area contributed by atoms with Crippen LogP contribution in [0, 0.1) is 5.92 Å². The van der Waals surface area contributed by atoms with Gasteiger partial charge in [-0.25, -0.2) is 4.98 Å². The van der Waals surface area contributed by atoms with E-state index in [0.29, 0.717) is 49.0 Å². The van der Waals surface area contributed by atoms with Crippen LogP contribution in [-0.4, -0.2) is 64.5 Å². The monoisotopic (exact) mass is 446 g/mol. The quantitative estimate of drug-likeness (QED) is 0.553. The molecule has 3 heterocycles. The lowest BCUT2D eigenvalue weighted by molar-refractivity contribution is -0.149. The molecule has 166 valence electrons. The molecule has 31 heavy (non-hydrogen) atoms. The Morgan fingerprint density at radius 2 is 2.00 bits per heavy atom. The first-order chi connectivity index (χ1) is 15.1. The number of aromatic nitrogens is 3. The van der Waals surface area contributed by atoms with Crippen LogP contribution in [0.1, 0.15) is 36.2 Å². The summed E-state index contributed by atoms with van der Waals surface area (Å²) < 4.78 is 17.5. The number of methoxy groups -OCH3 is 2. The Morgan fingerprint density at radius 3 is 2.65 bits per heavy atom. The maximum atomic E-state index is 12.2. The van der Waals surface area contributed by atoms with E-state index in [-0.39, 0.29) is 23.8 Å². The van der Waals surface area contributed by atoms with Crippen molar-refractivity contribution in [3.05, 3.63) is 35.0 Å². The zero-order valence-electron chi connectivity index (χ0n) is 17.8. The van der Waals surface area contributed by atoms with Gasteiger partial charge < -0.3 is 19.3 Å². The number of nitrogens with zero attached hydrogens (tertiary/aromatic N) is 4. The lowest BCUT2D eigenvalue weighted by atomic mass is 9.93. The number of carbonyl (C=O) groups is 1. The van der Waals surface area contributed by atoms with Gasteiger partial charge in [0.2, 0.25) is 10.8 Å². The Balaban J connectivity index is 1.70. The zero-order valence-corrected chi connectivity index (χ0v) is 18.6. The number of likely N-dealkylation sites (tertiary alicyclic amines) is 1. The molecule has 0 bridgehead atoms. The number of benzene rings is 1. The van der Waals surface area contributed by atoms with Crippen LogP contribution >= 0.6 is 11.3 Å². The molecule has 3 aromatic rings. The van der Waals surface area contributed by atoms with E-state index in [0.717, 1.165) is 10.4 Å². The van der Waals surface area contributed by atoms with Crippen molar-refractivity contribution < 1.29 is 24.1 Å². The molecule has 1 N–H and O–H groups in total. The van der Waals surface area contributed by atoms with Crippen LogP contribution in [0.5, 0.6) is 17.4 Å². The third-order valence-electron chi connectivity index (χ3n) is 5.63. The van der Waals surface area contributed by atoms with Gasteiger partial charge in [-0.3, -0.25) is 9.69 Å². The lowest BCUT2D eigenvalue weighted by Gasteiger charge is -2.36. The number of ether oxygens (including phenoxy) is 3. The molecule has 0 radical (unpaired) electrons. The van der Waals surface area contributed by atoms with Gasteiger partial charge in [-0.1, -0.05) is 17.4 Å². The van der Waals surface area contributed by atoms with Crippen LogP contribution in [-0.2, 0) is 9.53 Å². The van der Waals surface area contributed by atoms with Crippen molar-refractivity contribution >= 4 is 22.3 Å². The first kappa shape index (κ1) is 21.4. The molecule has 1 atom stereocenters. The van der Waals surface area contributed by atoms with Crippen LogP contribution in [0.2, 0.25) is 0 Å². The summed E-state index contributed by atoms with van der Waals surface area (Å²) in [5.41, 5.74) is 0.951. The summed E-state index contributed by atoms with van der Waals surface area (Å²) in [6.45, 7) is 3.60. The first-order valence-electron chi connectivity index (χ1n) is 10.2. The molecular formula is C21H26N4O5S. The van der Waals surface area contributed by atoms with Crippen LogP contribution in [0.25, 0.3) is 4.96 Å². The number of fused-ring (bicyclic) bond motifs is 1. The Hall–Kier alpha value is -2.85. The van der Waals surface area contributed by atoms with Gasteiger partial charge in [0.05, 0.1) is 37.7 Å². The van der Waals surface area contributed by atoms with Crippen molar-refractivity contribution in [1.82, 2.24) is 19.5 Å². The highest BCUT2D eigenvalue weighted by atomic mass is 32.1. The predicted molar refractivity (Wildman–Crippen MR) is 115 cm³/mol. The van der Waals surface area contributed by atoms with Crippen molar-refractivity contribution in [1.29, 1.82) is 0 Å². The standard InChI is InChI=1S/C21H26N4O5S/c1-4-30-20(27)13-7-9-24(10-8-13)17(14-5-6-15(28-2)16(11-14)29-3)18-19(26)25-21(31-18)22-12-23-25/h5-6,11-13,17,26H,4,7-10H2,1-3H3. The number of carbonyl (C=O) groups excluding carboxylic acids is 1. The molecule has 0 spiro atoms. The van der Waals surface area contributed by atoms with Gasteiger partial charge in [-0.15, -0.1) is 0 Å². The minimum absolute atomic E-state index is 0.0739. The van der Waals surface area contributed by atoms with Gasteiger partial charge >= 0.3 is 5.97 Å². The second-order valence-electron chi connectivity index (χ2n) is 7.32. The Kier molecular flexibility index (Phi) is 6.28. The van der Waals surface area contributed by atoms with E-state index in [1.54, 1.807) is 14.2 Å². The van der Waals surface area contributed by atoms with Gasteiger partial charge in [0, 0.05) is 0 Å². The highest BCUT2D eigenvalue weighted by molar-refractivity contribution is 7.17. The van der Waals surface area contributed by atoms with Gasteiger partial charge in [-0.2, -0.15) is 9.61 Å². The van der Waals surface area contributed by atoms with E-state index in [4.69, 9.17) is 14.2 Å². The summed E-state index contributed by atoms with van der Waals surface area (Å²) in [6, 6.07) is 5.52. The third kappa shape index (κ3) is 4.05. The van der Waals surface area contributed by atoms with Crippen LogP contribution in [0.3, 0.4) is 0 Å². The SMILES string of the molecule is CCOC(=O)C1CCN(C(c2ccc(OC)c(OC)c2)c2sc3ncnn3c2O)CC1. The number of esters is 1. The van der Waals surface area contributed by atoms with E-state index < -0.39 is 0 Å². The first-order valence-corrected chi connectivity index (χ1v) is 11.0. The predicted octanol–water partition coefficient (Wildman–Crippen LogP) is 2.88. The molecule has 1 unspecified atom stereocenters. The second kappa shape index (κ2) is 9.11. The average molecular weight is 447 g/mol. The Morgan fingerprint density at radius 1 is 1.26 bits per heavy atom. The third-order valence-corrected chi connectivity index (χ3v) is 6.71. The van der Waals surface area contributed by atoms with Gasteiger partial charge in [0.1, 0.15) is 6.33 Å². The van der Waals surface area contributed by atoms with Crippen molar-refractivity contribution in [2.75, 3.05) is 33.9 Å². The molecule has 0 aliphatic carbocycles. The number of piperidine rings is 1. The summed E-state index contributed by atoms with van der Waals surface area (Å²) in [5, 5.41) is 15.0. The van der Waals surface area contributed by atoms with Gasteiger partial charge in [0.25, 0.3) is 0 Å². The molecule has 9 nitrogen and oxygen atoms in total. The molecule has 1 aliphatic heterocycles. The smallest absolute Gasteiger partial charge is 0.309 e. The number of hydrogen-bond donors (Lipinski definition) is 1. The largest absolute Gasteiger partial charge is 0.493 e. The number of thiazole rings is 1. The van der Waals surface area contributed by atoms with Crippen molar-refractivity contribution in [2.24, 2.45) is 5.92 Å². The topological polar surface area (TPSA) is 98.4 Å². The minimum atomic E-state index is -0.239. The fraction of sp³-hybridized carbons (Fsp3) is 0.476. The molecule has 1 aromatic carbocycles. The van der Waals surface area contributed by atoms with Crippen molar-refractivity contribution in [2.45, 2.75) is 25.8 Å². The van der Waals surface area contributed by atoms with Crippen molar-refractivity contribution in [3.63, 3.8) is 0 Å². The maximum absolute atomic E-state index is 12.2. The summed E-state index contributed by atoms with van der Waals surface area (Å²) in [5.74, 6) is 1.10. The normalized spacial score (nSPS) is 16.4. The fourth-order valence-corrected chi connectivity index (χ4v) is 5.17. The molecular weight excluding hydrogens is 420 g/mol.